The highest BCUT2D eigenvalue weighted by molar-refractivity contribution is 6.32. The van der Waals surface area contributed by atoms with Crippen molar-refractivity contribution < 1.29 is 0 Å². The number of halogens is 1. The van der Waals surface area contributed by atoms with Crippen LogP contribution in [0, 0.1) is 0 Å². The fourth-order valence-corrected chi connectivity index (χ4v) is 3.18. The Morgan fingerprint density at radius 3 is 2.95 bits per heavy atom. The normalized spacial score (nSPS) is 19.9. The van der Waals surface area contributed by atoms with Gasteiger partial charge in [-0.3, -0.25) is 4.79 Å². The lowest BCUT2D eigenvalue weighted by Crippen LogP contribution is -2.29. The lowest BCUT2D eigenvalue weighted by Gasteiger charge is -2.37. The van der Waals surface area contributed by atoms with Crippen LogP contribution in [0.25, 0.3) is 0 Å². The number of rotatable bonds is 2. The molecule has 1 aromatic carbocycles. The summed E-state index contributed by atoms with van der Waals surface area (Å²) in [5, 5.41) is 9.67. The molecule has 110 valence electrons. The van der Waals surface area contributed by atoms with Gasteiger partial charge in [0.2, 0.25) is 0 Å². The fraction of sp³-hybridized carbons (Fsp3) is 0.375. The third-order valence-corrected chi connectivity index (χ3v) is 4.62. The molecule has 0 saturated carbocycles. The summed E-state index contributed by atoms with van der Waals surface area (Å²) in [7, 11) is 0. The number of aromatic amines is 1. The Kier molecular flexibility index (Phi) is 3.49. The van der Waals surface area contributed by atoms with Gasteiger partial charge in [0, 0.05) is 0 Å². The smallest absolute Gasteiger partial charge is 0.285 e. The Hall–Kier alpha value is -1.81. The van der Waals surface area contributed by atoms with E-state index in [1.165, 1.54) is 11.1 Å². The summed E-state index contributed by atoms with van der Waals surface area (Å²) in [5.41, 5.74) is 3.00. The predicted molar refractivity (Wildman–Crippen MR) is 84.9 cm³/mol. The summed E-state index contributed by atoms with van der Waals surface area (Å²) in [6, 6.07) is 8.59. The van der Waals surface area contributed by atoms with E-state index in [2.05, 4.69) is 47.6 Å². The number of anilines is 1. The molecule has 0 saturated heterocycles. The molecule has 0 fully saturated rings. The van der Waals surface area contributed by atoms with E-state index in [-0.39, 0.29) is 22.0 Å². The molecule has 1 aromatic heterocycles. The first-order chi connectivity index (χ1) is 9.99. The number of nitrogens with zero attached hydrogens (tertiary/aromatic N) is 1. The highest BCUT2D eigenvalue weighted by Crippen LogP contribution is 2.42. The van der Waals surface area contributed by atoms with E-state index < -0.39 is 0 Å². The number of nitrogens with one attached hydrogen (secondary N) is 2. The van der Waals surface area contributed by atoms with Crippen LogP contribution in [0.2, 0.25) is 5.02 Å². The number of aromatic nitrogens is 2. The zero-order valence-electron chi connectivity index (χ0n) is 12.1. The summed E-state index contributed by atoms with van der Waals surface area (Å²) in [5.74, 6) is 0. The molecule has 5 heteroatoms. The van der Waals surface area contributed by atoms with Crippen LogP contribution >= 0.6 is 11.6 Å². The number of benzene rings is 1. The maximum Gasteiger partial charge on any atom is 0.285 e. The van der Waals surface area contributed by atoms with Gasteiger partial charge in [0.15, 0.2) is 0 Å². The monoisotopic (exact) mass is 303 g/mol. The van der Waals surface area contributed by atoms with Crippen molar-refractivity contribution in [2.75, 3.05) is 5.32 Å². The molecule has 1 atom stereocenters. The van der Waals surface area contributed by atoms with Gasteiger partial charge in [-0.05, 0) is 29.4 Å². The van der Waals surface area contributed by atoms with Crippen molar-refractivity contribution in [1.29, 1.82) is 0 Å². The minimum atomic E-state index is -0.369. The second kappa shape index (κ2) is 5.19. The van der Waals surface area contributed by atoms with Gasteiger partial charge >= 0.3 is 0 Å². The van der Waals surface area contributed by atoms with Gasteiger partial charge in [0.1, 0.15) is 5.02 Å². The standard InChI is InChI=1S/C16H18ClN3O/c1-16(2)8-7-12(10-5-3-4-6-11(10)16)19-13-9-18-20-15(21)14(13)17/h3-6,9,12H,7-8H2,1-2H3,(H2,19,20,21)/t12-/m1/s1. The van der Waals surface area contributed by atoms with Crippen LogP contribution in [0.1, 0.15) is 43.9 Å². The average molecular weight is 304 g/mol. The van der Waals surface area contributed by atoms with Crippen LogP contribution in [-0.2, 0) is 5.41 Å². The van der Waals surface area contributed by atoms with Gasteiger partial charge in [0.05, 0.1) is 17.9 Å². The van der Waals surface area contributed by atoms with Crippen LogP contribution in [0.3, 0.4) is 0 Å². The lowest BCUT2D eigenvalue weighted by molar-refractivity contribution is 0.406. The molecule has 1 aliphatic carbocycles. The Morgan fingerprint density at radius 2 is 2.14 bits per heavy atom. The molecule has 0 amide bonds. The Bertz CT molecular complexity index is 723. The molecule has 2 aromatic rings. The topological polar surface area (TPSA) is 57.8 Å². The first kappa shape index (κ1) is 14.1. The largest absolute Gasteiger partial charge is 0.376 e. The maximum atomic E-state index is 11.5. The molecule has 3 rings (SSSR count). The zero-order chi connectivity index (χ0) is 15.0. The van der Waals surface area contributed by atoms with Crippen LogP contribution < -0.4 is 10.9 Å². The average Bonchev–Trinajstić information content (AvgIpc) is 2.47. The molecule has 4 nitrogen and oxygen atoms in total. The summed E-state index contributed by atoms with van der Waals surface area (Å²) in [6.45, 7) is 4.54. The number of hydrogen-bond acceptors (Lipinski definition) is 3. The first-order valence-corrected chi connectivity index (χ1v) is 7.46. The molecule has 0 bridgehead atoms. The van der Waals surface area contributed by atoms with E-state index in [4.69, 9.17) is 11.6 Å². The molecule has 2 N–H and O–H groups in total. The van der Waals surface area contributed by atoms with Crippen molar-refractivity contribution >= 4 is 17.3 Å². The Labute approximate surface area is 128 Å². The summed E-state index contributed by atoms with van der Waals surface area (Å²) in [6.07, 6.45) is 3.63. The van der Waals surface area contributed by atoms with Gasteiger partial charge in [-0.15, -0.1) is 0 Å². The number of fused-ring (bicyclic) bond motifs is 1. The van der Waals surface area contributed by atoms with E-state index in [9.17, 15) is 4.79 Å². The van der Waals surface area contributed by atoms with Crippen molar-refractivity contribution in [2.45, 2.75) is 38.1 Å². The first-order valence-electron chi connectivity index (χ1n) is 7.08. The lowest BCUT2D eigenvalue weighted by atomic mass is 9.71. The Balaban J connectivity index is 1.98. The predicted octanol–water partition coefficient (Wildman–Crippen LogP) is 3.65. The number of hydrogen-bond donors (Lipinski definition) is 2. The van der Waals surface area contributed by atoms with Crippen molar-refractivity contribution in [3.8, 4) is 0 Å². The second-order valence-electron chi connectivity index (χ2n) is 6.13. The van der Waals surface area contributed by atoms with Gasteiger partial charge < -0.3 is 5.32 Å². The van der Waals surface area contributed by atoms with E-state index in [0.717, 1.165) is 12.8 Å². The zero-order valence-corrected chi connectivity index (χ0v) is 12.9. The minimum absolute atomic E-state index is 0.148. The fourth-order valence-electron chi connectivity index (χ4n) is 3.03. The second-order valence-corrected chi connectivity index (χ2v) is 6.51. The minimum Gasteiger partial charge on any atom is -0.376 e. The van der Waals surface area contributed by atoms with Crippen molar-refractivity contribution in [1.82, 2.24) is 10.2 Å². The van der Waals surface area contributed by atoms with Crippen molar-refractivity contribution in [3.63, 3.8) is 0 Å². The van der Waals surface area contributed by atoms with E-state index in [1.54, 1.807) is 6.20 Å². The molecule has 0 unspecified atom stereocenters. The Morgan fingerprint density at radius 1 is 1.38 bits per heavy atom. The summed E-state index contributed by atoms with van der Waals surface area (Å²) in [4.78, 5) is 11.5. The van der Waals surface area contributed by atoms with Crippen LogP contribution in [0.5, 0.6) is 0 Å². The highest BCUT2D eigenvalue weighted by atomic mass is 35.5. The van der Waals surface area contributed by atoms with Crippen LogP contribution in [0.4, 0.5) is 5.69 Å². The van der Waals surface area contributed by atoms with Gasteiger partial charge in [-0.25, -0.2) is 5.10 Å². The quantitative estimate of drug-likeness (QED) is 0.890. The van der Waals surface area contributed by atoms with Crippen molar-refractivity contribution in [3.05, 3.63) is 57.0 Å². The molecule has 21 heavy (non-hydrogen) atoms. The number of H-pyrrole nitrogens is 1. The molecule has 1 aliphatic rings. The van der Waals surface area contributed by atoms with E-state index >= 15 is 0 Å². The molecule has 0 aliphatic heterocycles. The third kappa shape index (κ3) is 2.56. The third-order valence-electron chi connectivity index (χ3n) is 4.25. The van der Waals surface area contributed by atoms with E-state index in [0.29, 0.717) is 5.69 Å². The van der Waals surface area contributed by atoms with Crippen molar-refractivity contribution in [2.24, 2.45) is 0 Å². The molecular formula is C16H18ClN3O. The molecule has 0 radical (unpaired) electrons. The SMILES string of the molecule is CC1(C)CC[C@@H](Nc2cn[nH]c(=O)c2Cl)c2ccccc21. The van der Waals surface area contributed by atoms with Gasteiger partial charge in [-0.1, -0.05) is 49.7 Å². The molecule has 0 spiro atoms. The molecule has 1 heterocycles. The van der Waals surface area contributed by atoms with Gasteiger partial charge in [-0.2, -0.15) is 5.10 Å². The summed E-state index contributed by atoms with van der Waals surface area (Å²) >= 11 is 6.05. The molecular weight excluding hydrogens is 286 g/mol. The van der Waals surface area contributed by atoms with E-state index in [1.807, 2.05) is 6.07 Å². The van der Waals surface area contributed by atoms with Crippen LogP contribution in [0.15, 0.2) is 35.3 Å². The summed E-state index contributed by atoms with van der Waals surface area (Å²) < 4.78 is 0. The highest BCUT2D eigenvalue weighted by Gasteiger charge is 2.32. The van der Waals surface area contributed by atoms with Crippen LogP contribution in [-0.4, -0.2) is 10.2 Å². The van der Waals surface area contributed by atoms with Gasteiger partial charge in [0.25, 0.3) is 5.56 Å². The maximum absolute atomic E-state index is 11.5.